The molecule has 1 saturated heterocycles. The molecule has 1 aromatic heterocycles. The smallest absolute Gasteiger partial charge is 0.227 e. The molecule has 3 aromatic carbocycles. The molecule has 4 aromatic rings. The van der Waals surface area contributed by atoms with Gasteiger partial charge in [-0.3, -0.25) is 4.79 Å². The van der Waals surface area contributed by atoms with Crippen LogP contribution in [-0.2, 0) is 11.3 Å². The van der Waals surface area contributed by atoms with E-state index in [2.05, 4.69) is 86.9 Å². The van der Waals surface area contributed by atoms with Gasteiger partial charge in [0.1, 0.15) is 11.6 Å². The molecule has 5 heteroatoms. The second kappa shape index (κ2) is 10.2. The minimum absolute atomic E-state index is 0.0624. The number of nitrogens with zero attached hydrogens (tertiary/aromatic N) is 3. The van der Waals surface area contributed by atoms with Crippen LogP contribution in [0.3, 0.4) is 0 Å². The Hall–Kier alpha value is -3.60. The number of carbonyl (C=O) groups is 1. The third kappa shape index (κ3) is 4.75. The van der Waals surface area contributed by atoms with Crippen molar-refractivity contribution in [1.82, 2.24) is 9.55 Å². The number of benzene rings is 3. The van der Waals surface area contributed by atoms with E-state index in [0.717, 1.165) is 52.4 Å². The average molecular weight is 482 g/mol. The van der Waals surface area contributed by atoms with Crippen LogP contribution in [-0.4, -0.2) is 28.6 Å². The quantitative estimate of drug-likeness (QED) is 0.261. The molecule has 0 aliphatic carbocycles. The van der Waals surface area contributed by atoms with Crippen LogP contribution in [0.25, 0.3) is 11.0 Å². The first-order valence-electron chi connectivity index (χ1n) is 13.0. The summed E-state index contributed by atoms with van der Waals surface area (Å²) >= 11 is 0. The zero-order valence-corrected chi connectivity index (χ0v) is 21.7. The van der Waals surface area contributed by atoms with Gasteiger partial charge in [-0.15, -0.1) is 0 Å². The van der Waals surface area contributed by atoms with E-state index in [1.54, 1.807) is 0 Å². The van der Waals surface area contributed by atoms with Gasteiger partial charge in [-0.1, -0.05) is 56.3 Å². The van der Waals surface area contributed by atoms with Crippen molar-refractivity contribution in [3.63, 3.8) is 0 Å². The Morgan fingerprint density at radius 3 is 2.64 bits per heavy atom. The van der Waals surface area contributed by atoms with Crippen LogP contribution >= 0.6 is 0 Å². The zero-order valence-electron chi connectivity index (χ0n) is 21.7. The second-order valence-electron chi connectivity index (χ2n) is 10.2. The van der Waals surface area contributed by atoms with E-state index >= 15 is 0 Å². The highest BCUT2D eigenvalue weighted by molar-refractivity contribution is 5.97. The molecular formula is C31H35N3O2. The Kier molecular flexibility index (Phi) is 6.82. The van der Waals surface area contributed by atoms with Crippen molar-refractivity contribution in [2.75, 3.05) is 18.1 Å². The third-order valence-corrected chi connectivity index (χ3v) is 7.15. The number of hydrogen-bond acceptors (Lipinski definition) is 3. The van der Waals surface area contributed by atoms with Crippen LogP contribution in [0, 0.1) is 13.8 Å². The summed E-state index contributed by atoms with van der Waals surface area (Å²) in [5, 5.41) is 0. The van der Waals surface area contributed by atoms with E-state index in [9.17, 15) is 4.79 Å². The Labute approximate surface area is 213 Å². The lowest BCUT2D eigenvalue weighted by atomic mass is 10.0. The lowest BCUT2D eigenvalue weighted by Gasteiger charge is -2.20. The maximum atomic E-state index is 13.1. The minimum atomic E-state index is 0.0624. The minimum Gasteiger partial charge on any atom is -0.493 e. The molecule has 0 saturated carbocycles. The molecule has 0 radical (unpaired) electrons. The van der Waals surface area contributed by atoms with Gasteiger partial charge in [0.25, 0.3) is 0 Å². The monoisotopic (exact) mass is 481 g/mol. The average Bonchev–Trinajstić information content (AvgIpc) is 3.44. The fourth-order valence-electron chi connectivity index (χ4n) is 5.26. The molecule has 1 atom stereocenters. The number of aryl methyl sites for hydroxylation is 3. The second-order valence-corrected chi connectivity index (χ2v) is 10.2. The first-order valence-corrected chi connectivity index (χ1v) is 13.0. The van der Waals surface area contributed by atoms with E-state index in [-0.39, 0.29) is 11.8 Å². The van der Waals surface area contributed by atoms with Gasteiger partial charge >= 0.3 is 0 Å². The highest BCUT2D eigenvalue weighted by atomic mass is 16.5. The fourth-order valence-corrected chi connectivity index (χ4v) is 5.26. The molecular weight excluding hydrogens is 446 g/mol. The van der Waals surface area contributed by atoms with Gasteiger partial charge in [-0.05, 0) is 67.1 Å². The Balaban J connectivity index is 1.36. The number of imidazole rings is 1. The first kappa shape index (κ1) is 24.1. The summed E-state index contributed by atoms with van der Waals surface area (Å²) in [6, 6.07) is 22.9. The van der Waals surface area contributed by atoms with E-state index in [1.165, 1.54) is 5.56 Å². The summed E-state index contributed by atoms with van der Waals surface area (Å²) in [4.78, 5) is 20.1. The van der Waals surface area contributed by atoms with Gasteiger partial charge in [0.2, 0.25) is 5.91 Å². The molecule has 186 valence electrons. The largest absolute Gasteiger partial charge is 0.493 e. The normalized spacial score (nSPS) is 15.9. The van der Waals surface area contributed by atoms with E-state index in [1.807, 2.05) is 17.0 Å². The summed E-state index contributed by atoms with van der Waals surface area (Å²) in [7, 11) is 0. The van der Waals surface area contributed by atoms with Gasteiger partial charge in [0.05, 0.1) is 17.6 Å². The highest BCUT2D eigenvalue weighted by Gasteiger charge is 2.35. The van der Waals surface area contributed by atoms with Gasteiger partial charge < -0.3 is 14.2 Å². The van der Waals surface area contributed by atoms with Crippen molar-refractivity contribution in [2.24, 2.45) is 0 Å². The lowest BCUT2D eigenvalue weighted by Crippen LogP contribution is -2.25. The Bertz CT molecular complexity index is 1390. The molecule has 5 rings (SSSR count). The van der Waals surface area contributed by atoms with E-state index < -0.39 is 0 Å². The number of para-hydroxylation sites is 3. The van der Waals surface area contributed by atoms with Crippen molar-refractivity contribution in [2.45, 2.75) is 58.9 Å². The first-order chi connectivity index (χ1) is 17.4. The standard InChI is InChI=1S/C31H35N3O2/c1-21(2)25-10-5-8-13-29(25)36-17-9-16-33-27-12-7-6-11-26(27)32-31(33)24-19-30(35)34(20-24)28-18-22(3)14-15-23(28)4/h5-8,10-15,18,21,24H,9,16-17,19-20H2,1-4H3. The zero-order chi connectivity index (χ0) is 25.2. The number of amides is 1. The summed E-state index contributed by atoms with van der Waals surface area (Å²) in [5.41, 5.74) is 6.65. The van der Waals surface area contributed by atoms with Crippen LogP contribution < -0.4 is 9.64 Å². The van der Waals surface area contributed by atoms with Crippen molar-refractivity contribution in [3.05, 3.63) is 89.2 Å². The number of aromatic nitrogens is 2. The molecule has 1 aliphatic heterocycles. The third-order valence-electron chi connectivity index (χ3n) is 7.15. The summed E-state index contributed by atoms with van der Waals surface area (Å²) in [5.74, 6) is 2.62. The number of anilines is 1. The molecule has 1 aliphatic rings. The number of rotatable bonds is 8. The Morgan fingerprint density at radius 2 is 1.81 bits per heavy atom. The summed E-state index contributed by atoms with van der Waals surface area (Å²) < 4.78 is 8.50. The number of carbonyl (C=O) groups excluding carboxylic acids is 1. The maximum absolute atomic E-state index is 13.1. The predicted octanol–water partition coefficient (Wildman–Crippen LogP) is 6.77. The van der Waals surface area contributed by atoms with Gasteiger partial charge in [-0.25, -0.2) is 4.98 Å². The molecule has 0 spiro atoms. The predicted molar refractivity (Wildman–Crippen MR) is 146 cm³/mol. The SMILES string of the molecule is Cc1ccc(C)c(N2CC(c3nc4ccccc4n3CCCOc3ccccc3C(C)C)CC2=O)c1. The molecule has 5 nitrogen and oxygen atoms in total. The maximum Gasteiger partial charge on any atom is 0.227 e. The fraction of sp³-hybridized carbons (Fsp3) is 0.355. The van der Waals surface area contributed by atoms with E-state index in [0.29, 0.717) is 25.5 Å². The van der Waals surface area contributed by atoms with Crippen LogP contribution in [0.1, 0.15) is 61.0 Å². The molecule has 2 heterocycles. The van der Waals surface area contributed by atoms with Gasteiger partial charge in [-0.2, -0.15) is 0 Å². The van der Waals surface area contributed by atoms with Crippen LogP contribution in [0.2, 0.25) is 0 Å². The molecule has 0 bridgehead atoms. The van der Waals surface area contributed by atoms with Gasteiger partial charge in [0, 0.05) is 31.1 Å². The molecule has 0 N–H and O–H groups in total. The molecule has 36 heavy (non-hydrogen) atoms. The van der Waals surface area contributed by atoms with Crippen molar-refractivity contribution >= 4 is 22.6 Å². The van der Waals surface area contributed by atoms with Crippen molar-refractivity contribution in [3.8, 4) is 5.75 Å². The molecule has 1 fully saturated rings. The van der Waals surface area contributed by atoms with Crippen LogP contribution in [0.5, 0.6) is 5.75 Å². The topological polar surface area (TPSA) is 47.4 Å². The summed E-state index contributed by atoms with van der Waals surface area (Å²) in [6.45, 7) is 10.6. The van der Waals surface area contributed by atoms with Crippen LogP contribution in [0.4, 0.5) is 5.69 Å². The molecule has 1 amide bonds. The van der Waals surface area contributed by atoms with Gasteiger partial charge in [0.15, 0.2) is 0 Å². The summed E-state index contributed by atoms with van der Waals surface area (Å²) in [6.07, 6.45) is 1.34. The lowest BCUT2D eigenvalue weighted by molar-refractivity contribution is -0.117. The number of hydrogen-bond donors (Lipinski definition) is 0. The molecule has 1 unspecified atom stereocenters. The Morgan fingerprint density at radius 1 is 1.03 bits per heavy atom. The van der Waals surface area contributed by atoms with E-state index in [4.69, 9.17) is 9.72 Å². The number of fused-ring (bicyclic) bond motifs is 1. The van der Waals surface area contributed by atoms with Crippen LogP contribution in [0.15, 0.2) is 66.7 Å². The highest BCUT2D eigenvalue weighted by Crippen LogP contribution is 2.35. The van der Waals surface area contributed by atoms with Crippen molar-refractivity contribution < 1.29 is 9.53 Å². The van der Waals surface area contributed by atoms with Crippen molar-refractivity contribution in [1.29, 1.82) is 0 Å². The number of ether oxygens (including phenoxy) is 1.